The molecular weight excluding hydrogens is 325 g/mol. The average Bonchev–Trinajstić information content (AvgIpc) is 3.06. The summed E-state index contributed by atoms with van der Waals surface area (Å²) in [5.74, 6) is 0. The number of likely N-dealkylation sites (tertiary alicyclic amines) is 1. The zero-order valence-corrected chi connectivity index (χ0v) is 13.3. The van der Waals surface area contributed by atoms with Gasteiger partial charge in [0.15, 0.2) is 0 Å². The molecule has 0 unspecified atom stereocenters. The molecule has 3 rings (SSSR count). The second-order valence-electron chi connectivity index (χ2n) is 5.16. The van der Waals surface area contributed by atoms with Gasteiger partial charge < -0.3 is 10.2 Å². The molecule has 0 aliphatic carbocycles. The van der Waals surface area contributed by atoms with E-state index >= 15 is 0 Å². The van der Waals surface area contributed by atoms with Crippen LogP contribution in [0.15, 0.2) is 30.6 Å². The fourth-order valence-electron chi connectivity index (χ4n) is 2.56. The highest BCUT2D eigenvalue weighted by Crippen LogP contribution is 2.30. The van der Waals surface area contributed by atoms with E-state index < -0.39 is 0 Å². The van der Waals surface area contributed by atoms with Crippen molar-refractivity contribution < 1.29 is 4.79 Å². The predicted octanol–water partition coefficient (Wildman–Crippen LogP) is 3.45. The standard InChI is InChI=1S/C14H15Cl2N5O/c15-11-4-1-5-12(13(11)16)18-14(22)20-7-2-3-10(9-20)21-8-6-17-19-21/h1,4-6,8,10H,2-3,7,9H2,(H,18,22)/t10-/m0/s1. The molecule has 1 saturated heterocycles. The Bertz CT molecular complexity index is 661. The summed E-state index contributed by atoms with van der Waals surface area (Å²) in [5.41, 5.74) is 0.516. The number of halogens is 2. The first-order valence-corrected chi connectivity index (χ1v) is 7.76. The van der Waals surface area contributed by atoms with Crippen molar-refractivity contribution in [2.75, 3.05) is 18.4 Å². The summed E-state index contributed by atoms with van der Waals surface area (Å²) in [7, 11) is 0. The van der Waals surface area contributed by atoms with Gasteiger partial charge in [-0.1, -0.05) is 34.5 Å². The Morgan fingerprint density at radius 1 is 1.36 bits per heavy atom. The number of carbonyl (C=O) groups is 1. The number of amides is 2. The molecule has 1 aromatic heterocycles. The fourth-order valence-corrected chi connectivity index (χ4v) is 2.91. The smallest absolute Gasteiger partial charge is 0.321 e. The maximum Gasteiger partial charge on any atom is 0.321 e. The number of anilines is 1. The Morgan fingerprint density at radius 2 is 2.23 bits per heavy atom. The maximum atomic E-state index is 12.4. The average molecular weight is 340 g/mol. The largest absolute Gasteiger partial charge is 0.322 e. The van der Waals surface area contributed by atoms with Crippen LogP contribution in [0.4, 0.5) is 10.5 Å². The molecule has 2 aromatic rings. The van der Waals surface area contributed by atoms with Gasteiger partial charge in [0.05, 0.1) is 28.0 Å². The van der Waals surface area contributed by atoms with Crippen LogP contribution in [-0.2, 0) is 0 Å². The first-order valence-electron chi connectivity index (χ1n) is 7.01. The van der Waals surface area contributed by atoms with E-state index in [-0.39, 0.29) is 12.1 Å². The monoisotopic (exact) mass is 339 g/mol. The minimum absolute atomic E-state index is 0.150. The summed E-state index contributed by atoms with van der Waals surface area (Å²) >= 11 is 12.1. The Labute approximate surface area is 138 Å². The molecule has 1 atom stereocenters. The van der Waals surface area contributed by atoms with Crippen molar-refractivity contribution in [1.82, 2.24) is 19.9 Å². The molecule has 0 radical (unpaired) electrons. The molecular formula is C14H15Cl2N5O. The number of piperidine rings is 1. The first-order chi connectivity index (χ1) is 10.6. The van der Waals surface area contributed by atoms with Gasteiger partial charge in [0.2, 0.25) is 0 Å². The molecule has 8 heteroatoms. The number of hydrogen-bond donors (Lipinski definition) is 1. The third-order valence-electron chi connectivity index (χ3n) is 3.69. The summed E-state index contributed by atoms with van der Waals surface area (Å²) in [4.78, 5) is 14.2. The fraction of sp³-hybridized carbons (Fsp3) is 0.357. The van der Waals surface area contributed by atoms with Gasteiger partial charge in [-0.2, -0.15) is 0 Å². The number of aromatic nitrogens is 3. The van der Waals surface area contributed by atoms with Crippen LogP contribution in [0.25, 0.3) is 0 Å². The van der Waals surface area contributed by atoms with E-state index in [1.807, 2.05) is 6.20 Å². The molecule has 1 aromatic carbocycles. The molecule has 0 saturated carbocycles. The van der Waals surface area contributed by atoms with Crippen LogP contribution in [0.2, 0.25) is 10.0 Å². The molecule has 2 heterocycles. The lowest BCUT2D eigenvalue weighted by atomic mass is 10.1. The van der Waals surface area contributed by atoms with Crippen molar-refractivity contribution in [2.24, 2.45) is 0 Å². The number of rotatable bonds is 2. The molecule has 22 heavy (non-hydrogen) atoms. The molecule has 1 fully saturated rings. The number of benzene rings is 1. The highest BCUT2D eigenvalue weighted by Gasteiger charge is 2.25. The Morgan fingerprint density at radius 3 is 3.00 bits per heavy atom. The summed E-state index contributed by atoms with van der Waals surface area (Å²) in [6, 6.07) is 5.12. The Balaban J connectivity index is 1.68. The minimum atomic E-state index is -0.186. The van der Waals surface area contributed by atoms with E-state index in [1.54, 1.807) is 34.0 Å². The predicted molar refractivity (Wildman–Crippen MR) is 85.3 cm³/mol. The van der Waals surface area contributed by atoms with Crippen molar-refractivity contribution in [3.63, 3.8) is 0 Å². The van der Waals surface area contributed by atoms with Gasteiger partial charge in [0.1, 0.15) is 0 Å². The van der Waals surface area contributed by atoms with Crippen LogP contribution in [0, 0.1) is 0 Å². The van der Waals surface area contributed by atoms with Crippen molar-refractivity contribution in [1.29, 1.82) is 0 Å². The SMILES string of the molecule is O=C(Nc1cccc(Cl)c1Cl)N1CCC[C@H](n2ccnn2)C1. The third kappa shape index (κ3) is 3.18. The lowest BCUT2D eigenvalue weighted by Gasteiger charge is -2.32. The number of carbonyl (C=O) groups excluding carboxylic acids is 1. The van der Waals surface area contributed by atoms with E-state index in [2.05, 4.69) is 15.6 Å². The molecule has 1 N–H and O–H groups in total. The number of hydrogen-bond acceptors (Lipinski definition) is 3. The van der Waals surface area contributed by atoms with Crippen LogP contribution >= 0.6 is 23.2 Å². The van der Waals surface area contributed by atoms with Gasteiger partial charge in [-0.3, -0.25) is 0 Å². The molecule has 0 spiro atoms. The van der Waals surface area contributed by atoms with E-state index in [1.165, 1.54) is 0 Å². The number of urea groups is 1. The molecule has 0 bridgehead atoms. The highest BCUT2D eigenvalue weighted by atomic mass is 35.5. The normalized spacial score (nSPS) is 18.3. The topological polar surface area (TPSA) is 63.1 Å². The van der Waals surface area contributed by atoms with E-state index in [9.17, 15) is 4.79 Å². The third-order valence-corrected chi connectivity index (χ3v) is 4.51. The summed E-state index contributed by atoms with van der Waals surface area (Å²) in [6.45, 7) is 1.29. The zero-order chi connectivity index (χ0) is 15.5. The number of nitrogens with one attached hydrogen (secondary N) is 1. The van der Waals surface area contributed by atoms with E-state index in [0.717, 1.165) is 12.8 Å². The second kappa shape index (κ2) is 6.54. The van der Waals surface area contributed by atoms with Gasteiger partial charge in [-0.05, 0) is 25.0 Å². The Hall–Kier alpha value is -1.79. The van der Waals surface area contributed by atoms with Gasteiger partial charge in [0, 0.05) is 19.3 Å². The van der Waals surface area contributed by atoms with Crippen molar-refractivity contribution >= 4 is 34.9 Å². The number of nitrogens with zero attached hydrogens (tertiary/aromatic N) is 4. The molecule has 6 nitrogen and oxygen atoms in total. The summed E-state index contributed by atoms with van der Waals surface area (Å²) in [6.07, 6.45) is 5.36. The Kier molecular flexibility index (Phi) is 4.49. The van der Waals surface area contributed by atoms with Gasteiger partial charge in [-0.25, -0.2) is 9.48 Å². The molecule has 2 amide bonds. The van der Waals surface area contributed by atoms with Crippen LogP contribution in [-0.4, -0.2) is 39.0 Å². The highest BCUT2D eigenvalue weighted by molar-refractivity contribution is 6.43. The minimum Gasteiger partial charge on any atom is -0.322 e. The summed E-state index contributed by atoms with van der Waals surface area (Å²) < 4.78 is 1.80. The van der Waals surface area contributed by atoms with Gasteiger partial charge >= 0.3 is 6.03 Å². The van der Waals surface area contributed by atoms with Gasteiger partial charge in [-0.15, -0.1) is 5.10 Å². The zero-order valence-electron chi connectivity index (χ0n) is 11.7. The lowest BCUT2D eigenvalue weighted by molar-refractivity contribution is 0.174. The summed E-state index contributed by atoms with van der Waals surface area (Å²) in [5, 5.41) is 11.4. The second-order valence-corrected chi connectivity index (χ2v) is 5.94. The molecule has 116 valence electrons. The van der Waals surface area contributed by atoms with Crippen molar-refractivity contribution in [2.45, 2.75) is 18.9 Å². The van der Waals surface area contributed by atoms with Crippen LogP contribution in [0.1, 0.15) is 18.9 Å². The van der Waals surface area contributed by atoms with Crippen molar-refractivity contribution in [3.8, 4) is 0 Å². The molecule has 1 aliphatic heterocycles. The van der Waals surface area contributed by atoms with Gasteiger partial charge in [0.25, 0.3) is 0 Å². The van der Waals surface area contributed by atoms with Crippen LogP contribution in [0.5, 0.6) is 0 Å². The van der Waals surface area contributed by atoms with E-state index in [4.69, 9.17) is 23.2 Å². The van der Waals surface area contributed by atoms with Crippen LogP contribution < -0.4 is 5.32 Å². The van der Waals surface area contributed by atoms with Crippen molar-refractivity contribution in [3.05, 3.63) is 40.6 Å². The molecule has 1 aliphatic rings. The maximum absolute atomic E-state index is 12.4. The lowest BCUT2D eigenvalue weighted by Crippen LogP contribution is -2.43. The van der Waals surface area contributed by atoms with Crippen LogP contribution in [0.3, 0.4) is 0 Å². The quantitative estimate of drug-likeness (QED) is 0.911. The van der Waals surface area contributed by atoms with E-state index in [0.29, 0.717) is 28.8 Å². The first kappa shape index (κ1) is 15.1.